The summed E-state index contributed by atoms with van der Waals surface area (Å²) in [5, 5.41) is 4.60. The maximum absolute atomic E-state index is 12.9. The quantitative estimate of drug-likeness (QED) is 0.824. The summed E-state index contributed by atoms with van der Waals surface area (Å²) in [5.41, 5.74) is -1.38. The fourth-order valence-corrected chi connectivity index (χ4v) is 2.85. The molecule has 0 atom stereocenters. The summed E-state index contributed by atoms with van der Waals surface area (Å²) in [5.74, 6) is -1.37. The Balaban J connectivity index is 2.42. The minimum absolute atomic E-state index is 0.0249. The summed E-state index contributed by atoms with van der Waals surface area (Å²) < 4.78 is 62.0. The van der Waals surface area contributed by atoms with Gasteiger partial charge in [0.1, 0.15) is 0 Å². The van der Waals surface area contributed by atoms with Crippen LogP contribution in [0.25, 0.3) is 0 Å². The molecule has 0 saturated carbocycles. The van der Waals surface area contributed by atoms with Crippen LogP contribution in [0, 0.1) is 0 Å². The standard InChI is InChI=1S/C17H15F3N2O4S/c1-10(23)21-14-7-6-12(17(18,19)20)9-15(14)22-16(24)11-4-3-5-13(8-11)27(2,25)26/h3-9H,1-2H3,(H,21,23)(H,22,24). The van der Waals surface area contributed by atoms with E-state index < -0.39 is 33.4 Å². The van der Waals surface area contributed by atoms with Gasteiger partial charge in [-0.1, -0.05) is 6.07 Å². The van der Waals surface area contributed by atoms with Crippen molar-refractivity contribution in [2.24, 2.45) is 0 Å². The molecule has 144 valence electrons. The van der Waals surface area contributed by atoms with E-state index in [2.05, 4.69) is 10.6 Å². The Morgan fingerprint density at radius 3 is 2.19 bits per heavy atom. The van der Waals surface area contributed by atoms with Gasteiger partial charge in [-0.05, 0) is 36.4 Å². The van der Waals surface area contributed by atoms with E-state index in [0.717, 1.165) is 24.5 Å². The molecule has 2 aromatic carbocycles. The predicted octanol–water partition coefficient (Wildman–Crippen LogP) is 3.32. The average molecular weight is 400 g/mol. The highest BCUT2D eigenvalue weighted by Crippen LogP contribution is 2.34. The van der Waals surface area contributed by atoms with Crippen molar-refractivity contribution in [3.8, 4) is 0 Å². The number of sulfone groups is 1. The van der Waals surface area contributed by atoms with Crippen LogP contribution in [0.15, 0.2) is 47.4 Å². The molecular formula is C17H15F3N2O4S. The van der Waals surface area contributed by atoms with Crippen LogP contribution >= 0.6 is 0 Å². The van der Waals surface area contributed by atoms with Crippen LogP contribution in [-0.4, -0.2) is 26.5 Å². The number of anilines is 2. The lowest BCUT2D eigenvalue weighted by molar-refractivity contribution is -0.137. The summed E-state index contributed by atoms with van der Waals surface area (Å²) >= 11 is 0. The fraction of sp³-hybridized carbons (Fsp3) is 0.176. The molecule has 2 aromatic rings. The lowest BCUT2D eigenvalue weighted by atomic mass is 10.1. The predicted molar refractivity (Wildman–Crippen MR) is 93.3 cm³/mol. The Kier molecular flexibility index (Phi) is 5.59. The van der Waals surface area contributed by atoms with Crippen LogP contribution in [0.4, 0.5) is 24.5 Å². The van der Waals surface area contributed by atoms with Crippen molar-refractivity contribution in [1.29, 1.82) is 0 Å². The number of hydrogen-bond acceptors (Lipinski definition) is 4. The number of halogens is 3. The van der Waals surface area contributed by atoms with Crippen molar-refractivity contribution in [3.05, 3.63) is 53.6 Å². The number of rotatable bonds is 4. The van der Waals surface area contributed by atoms with Crippen molar-refractivity contribution in [3.63, 3.8) is 0 Å². The van der Waals surface area contributed by atoms with Crippen LogP contribution in [-0.2, 0) is 20.8 Å². The molecule has 0 spiro atoms. The van der Waals surface area contributed by atoms with E-state index in [0.29, 0.717) is 6.07 Å². The number of alkyl halides is 3. The Morgan fingerprint density at radius 2 is 1.63 bits per heavy atom. The minimum Gasteiger partial charge on any atom is -0.325 e. The Bertz CT molecular complexity index is 1000. The summed E-state index contributed by atoms with van der Waals surface area (Å²) in [4.78, 5) is 23.5. The van der Waals surface area contributed by atoms with E-state index in [4.69, 9.17) is 0 Å². The van der Waals surface area contributed by atoms with Gasteiger partial charge in [-0.25, -0.2) is 8.42 Å². The van der Waals surface area contributed by atoms with Crippen molar-refractivity contribution in [2.75, 3.05) is 16.9 Å². The summed E-state index contributed by atoms with van der Waals surface area (Å²) in [6, 6.07) is 7.53. The van der Waals surface area contributed by atoms with Gasteiger partial charge in [-0.3, -0.25) is 9.59 Å². The van der Waals surface area contributed by atoms with Gasteiger partial charge in [0.05, 0.1) is 21.8 Å². The number of benzene rings is 2. The molecule has 2 amide bonds. The molecule has 6 nitrogen and oxygen atoms in total. The van der Waals surface area contributed by atoms with Gasteiger partial charge in [0.2, 0.25) is 5.91 Å². The van der Waals surface area contributed by atoms with Crippen LogP contribution in [0.2, 0.25) is 0 Å². The van der Waals surface area contributed by atoms with E-state index in [1.807, 2.05) is 0 Å². The van der Waals surface area contributed by atoms with E-state index in [1.165, 1.54) is 25.1 Å². The minimum atomic E-state index is -4.65. The molecule has 10 heteroatoms. The smallest absolute Gasteiger partial charge is 0.325 e. The molecule has 0 aliphatic carbocycles. The largest absolute Gasteiger partial charge is 0.416 e. The van der Waals surface area contributed by atoms with E-state index in [1.54, 1.807) is 0 Å². The van der Waals surface area contributed by atoms with Crippen LogP contribution in [0.5, 0.6) is 0 Å². The first-order valence-electron chi connectivity index (χ1n) is 7.48. The zero-order valence-electron chi connectivity index (χ0n) is 14.2. The molecule has 0 aromatic heterocycles. The molecule has 0 unspecified atom stereocenters. The van der Waals surface area contributed by atoms with Gasteiger partial charge in [0.15, 0.2) is 9.84 Å². The highest BCUT2D eigenvalue weighted by Gasteiger charge is 2.31. The Hall–Kier alpha value is -2.88. The summed E-state index contributed by atoms with van der Waals surface area (Å²) in [7, 11) is -3.57. The number of carbonyl (C=O) groups is 2. The molecule has 0 fully saturated rings. The van der Waals surface area contributed by atoms with Crippen LogP contribution in [0.3, 0.4) is 0 Å². The molecule has 0 aliphatic heterocycles. The number of carbonyl (C=O) groups excluding carboxylic acids is 2. The second-order valence-corrected chi connectivity index (χ2v) is 7.71. The lowest BCUT2D eigenvalue weighted by Crippen LogP contribution is -2.17. The first-order chi connectivity index (χ1) is 12.4. The molecule has 0 heterocycles. The molecule has 2 N–H and O–H groups in total. The Labute approximate surface area is 153 Å². The SMILES string of the molecule is CC(=O)Nc1ccc(C(F)(F)F)cc1NC(=O)c1cccc(S(C)(=O)=O)c1. The van der Waals surface area contributed by atoms with Crippen molar-refractivity contribution < 1.29 is 31.2 Å². The molecule has 0 bridgehead atoms. The Morgan fingerprint density at radius 1 is 0.963 bits per heavy atom. The molecule has 0 saturated heterocycles. The fourth-order valence-electron chi connectivity index (χ4n) is 2.19. The molecule has 2 rings (SSSR count). The van der Waals surface area contributed by atoms with Crippen LogP contribution in [0.1, 0.15) is 22.8 Å². The molecule has 0 radical (unpaired) electrons. The second-order valence-electron chi connectivity index (χ2n) is 5.69. The van der Waals surface area contributed by atoms with Gasteiger partial charge < -0.3 is 10.6 Å². The topological polar surface area (TPSA) is 92.3 Å². The lowest BCUT2D eigenvalue weighted by Gasteiger charge is -2.15. The van der Waals surface area contributed by atoms with Gasteiger partial charge in [-0.15, -0.1) is 0 Å². The van der Waals surface area contributed by atoms with Gasteiger partial charge in [-0.2, -0.15) is 13.2 Å². The zero-order chi connectivity index (χ0) is 20.4. The van der Waals surface area contributed by atoms with Gasteiger partial charge >= 0.3 is 6.18 Å². The third-order valence-corrected chi connectivity index (χ3v) is 4.54. The van der Waals surface area contributed by atoms with E-state index >= 15 is 0 Å². The summed E-state index contributed by atoms with van der Waals surface area (Å²) in [6.07, 6.45) is -3.68. The monoisotopic (exact) mass is 400 g/mol. The first-order valence-corrected chi connectivity index (χ1v) is 9.37. The number of nitrogens with one attached hydrogen (secondary N) is 2. The van der Waals surface area contributed by atoms with E-state index in [-0.39, 0.29) is 21.8 Å². The number of hydrogen-bond donors (Lipinski definition) is 2. The average Bonchev–Trinajstić information content (AvgIpc) is 2.54. The van der Waals surface area contributed by atoms with E-state index in [9.17, 15) is 31.2 Å². The first kappa shape index (κ1) is 20.4. The second kappa shape index (κ2) is 7.39. The van der Waals surface area contributed by atoms with Gasteiger partial charge in [0.25, 0.3) is 5.91 Å². The molecule has 27 heavy (non-hydrogen) atoms. The van der Waals surface area contributed by atoms with Crippen molar-refractivity contribution in [1.82, 2.24) is 0 Å². The zero-order valence-corrected chi connectivity index (χ0v) is 15.0. The highest BCUT2D eigenvalue weighted by molar-refractivity contribution is 7.90. The van der Waals surface area contributed by atoms with Crippen molar-refractivity contribution >= 4 is 33.0 Å². The third kappa shape index (κ3) is 5.30. The third-order valence-electron chi connectivity index (χ3n) is 3.43. The van der Waals surface area contributed by atoms with Gasteiger partial charge in [0, 0.05) is 18.7 Å². The van der Waals surface area contributed by atoms with Crippen molar-refractivity contribution in [2.45, 2.75) is 18.0 Å². The number of amides is 2. The summed E-state index contributed by atoms with van der Waals surface area (Å²) in [6.45, 7) is 1.17. The normalized spacial score (nSPS) is 11.7. The maximum Gasteiger partial charge on any atom is 0.416 e. The maximum atomic E-state index is 12.9. The highest BCUT2D eigenvalue weighted by atomic mass is 32.2. The molecule has 0 aliphatic rings. The molecular weight excluding hydrogens is 385 g/mol. The van der Waals surface area contributed by atoms with Crippen LogP contribution < -0.4 is 10.6 Å².